The Balaban J connectivity index is 2.28. The first kappa shape index (κ1) is 15.9. The van der Waals surface area contributed by atoms with E-state index in [-0.39, 0.29) is 18.8 Å². The number of aromatic nitrogens is 2. The van der Waals surface area contributed by atoms with E-state index < -0.39 is 17.7 Å². The number of carboxylic acids is 1. The van der Waals surface area contributed by atoms with E-state index in [9.17, 15) is 18.0 Å². The van der Waals surface area contributed by atoms with Crippen molar-refractivity contribution in [2.24, 2.45) is 0 Å². The number of aliphatic carboxylic acids is 1. The van der Waals surface area contributed by atoms with Crippen molar-refractivity contribution >= 4 is 5.97 Å². The molecule has 2 rings (SSSR count). The van der Waals surface area contributed by atoms with Crippen molar-refractivity contribution in [2.45, 2.75) is 19.1 Å². The van der Waals surface area contributed by atoms with E-state index in [1.807, 2.05) is 0 Å². The van der Waals surface area contributed by atoms with Crippen molar-refractivity contribution in [3.05, 3.63) is 47.2 Å². The number of rotatable bonds is 5. The summed E-state index contributed by atoms with van der Waals surface area (Å²) in [7, 11) is 1.35. The monoisotopic (exact) mass is 314 g/mol. The van der Waals surface area contributed by atoms with Gasteiger partial charge in [0.05, 0.1) is 31.8 Å². The van der Waals surface area contributed by atoms with Crippen LogP contribution in [0.2, 0.25) is 0 Å². The zero-order valence-electron chi connectivity index (χ0n) is 11.6. The third-order valence-electron chi connectivity index (χ3n) is 2.98. The van der Waals surface area contributed by atoms with E-state index in [1.165, 1.54) is 30.1 Å². The van der Waals surface area contributed by atoms with E-state index in [2.05, 4.69) is 5.10 Å². The Morgan fingerprint density at radius 1 is 1.41 bits per heavy atom. The van der Waals surface area contributed by atoms with Gasteiger partial charge in [0, 0.05) is 5.56 Å². The Morgan fingerprint density at radius 3 is 2.73 bits per heavy atom. The number of benzene rings is 1. The molecule has 0 unspecified atom stereocenters. The second-order valence-electron chi connectivity index (χ2n) is 4.61. The van der Waals surface area contributed by atoms with Crippen LogP contribution in [0.1, 0.15) is 16.7 Å². The number of carboxylic acid groups (broad SMARTS) is 1. The highest BCUT2D eigenvalue weighted by Gasteiger charge is 2.30. The van der Waals surface area contributed by atoms with Gasteiger partial charge in [-0.3, -0.25) is 4.79 Å². The first-order chi connectivity index (χ1) is 10.3. The molecule has 1 aromatic carbocycles. The van der Waals surface area contributed by atoms with Crippen LogP contribution in [0.4, 0.5) is 13.2 Å². The molecule has 0 saturated carbocycles. The smallest absolute Gasteiger partial charge is 0.416 e. The third-order valence-corrected chi connectivity index (χ3v) is 2.98. The first-order valence-corrected chi connectivity index (χ1v) is 6.28. The number of hydrogen-bond acceptors (Lipinski definition) is 3. The molecule has 0 saturated heterocycles. The molecule has 0 spiro atoms. The summed E-state index contributed by atoms with van der Waals surface area (Å²) in [5, 5.41) is 12.8. The second kappa shape index (κ2) is 6.08. The maximum absolute atomic E-state index is 12.7. The lowest BCUT2D eigenvalue weighted by Crippen LogP contribution is -2.09. The lowest BCUT2D eigenvalue weighted by atomic mass is 10.1. The summed E-state index contributed by atoms with van der Waals surface area (Å²) in [6.07, 6.45) is -3.36. The van der Waals surface area contributed by atoms with Crippen LogP contribution in [0.15, 0.2) is 30.5 Å². The average molecular weight is 314 g/mol. The fourth-order valence-corrected chi connectivity index (χ4v) is 2.07. The number of halogens is 3. The molecule has 1 heterocycles. The molecule has 0 amide bonds. The van der Waals surface area contributed by atoms with Crippen LogP contribution < -0.4 is 4.74 Å². The predicted octanol–water partition coefficient (Wildman–Crippen LogP) is 2.59. The van der Waals surface area contributed by atoms with E-state index in [0.29, 0.717) is 11.1 Å². The summed E-state index contributed by atoms with van der Waals surface area (Å²) in [5.41, 5.74) is 0.00181. The zero-order chi connectivity index (χ0) is 16.3. The number of ether oxygens (including phenoxy) is 1. The van der Waals surface area contributed by atoms with Crippen molar-refractivity contribution in [3.8, 4) is 5.88 Å². The van der Waals surface area contributed by atoms with E-state index in [1.54, 1.807) is 0 Å². The largest absolute Gasteiger partial charge is 0.481 e. The van der Waals surface area contributed by atoms with Gasteiger partial charge in [-0.1, -0.05) is 12.1 Å². The van der Waals surface area contributed by atoms with Gasteiger partial charge in [-0.2, -0.15) is 18.3 Å². The maximum Gasteiger partial charge on any atom is 0.416 e. The number of carbonyl (C=O) groups is 1. The average Bonchev–Trinajstić information content (AvgIpc) is 2.79. The molecule has 2 aromatic rings. The van der Waals surface area contributed by atoms with Gasteiger partial charge in [0.15, 0.2) is 0 Å². The summed E-state index contributed by atoms with van der Waals surface area (Å²) in [4.78, 5) is 10.7. The van der Waals surface area contributed by atoms with Crippen LogP contribution >= 0.6 is 0 Å². The molecule has 0 radical (unpaired) electrons. The molecular formula is C14H13F3N2O3. The van der Waals surface area contributed by atoms with Gasteiger partial charge >= 0.3 is 12.1 Å². The topological polar surface area (TPSA) is 64.3 Å². The Bertz CT molecular complexity index is 680. The van der Waals surface area contributed by atoms with Gasteiger partial charge in [0.25, 0.3) is 0 Å². The van der Waals surface area contributed by atoms with Crippen molar-refractivity contribution in [1.29, 1.82) is 0 Å². The molecule has 0 fully saturated rings. The van der Waals surface area contributed by atoms with Crippen LogP contribution in [-0.4, -0.2) is 28.0 Å². The fraction of sp³-hybridized carbons (Fsp3) is 0.286. The minimum absolute atomic E-state index is 0.0483. The molecule has 0 atom stereocenters. The molecule has 5 nitrogen and oxygen atoms in total. The van der Waals surface area contributed by atoms with Gasteiger partial charge in [0.1, 0.15) is 0 Å². The number of nitrogens with zero attached hydrogens (tertiary/aromatic N) is 2. The summed E-state index contributed by atoms with van der Waals surface area (Å²) in [6.45, 7) is 0.0483. The Hall–Kier alpha value is -2.51. The first-order valence-electron chi connectivity index (χ1n) is 6.28. The molecule has 0 bridgehead atoms. The van der Waals surface area contributed by atoms with Gasteiger partial charge in [-0.25, -0.2) is 4.68 Å². The predicted molar refractivity (Wildman–Crippen MR) is 70.7 cm³/mol. The minimum atomic E-state index is -4.42. The number of alkyl halides is 3. The van der Waals surface area contributed by atoms with Gasteiger partial charge in [-0.05, 0) is 17.7 Å². The maximum atomic E-state index is 12.7. The Labute approximate surface area is 123 Å². The van der Waals surface area contributed by atoms with E-state index in [4.69, 9.17) is 9.84 Å². The molecule has 22 heavy (non-hydrogen) atoms. The van der Waals surface area contributed by atoms with Crippen LogP contribution in [0.5, 0.6) is 5.88 Å². The van der Waals surface area contributed by atoms with Gasteiger partial charge in [-0.15, -0.1) is 0 Å². The summed E-state index contributed by atoms with van der Waals surface area (Å²) >= 11 is 0. The molecular weight excluding hydrogens is 301 g/mol. The highest BCUT2D eigenvalue weighted by Crippen LogP contribution is 2.30. The quantitative estimate of drug-likeness (QED) is 0.921. The van der Waals surface area contributed by atoms with Crippen LogP contribution in [-0.2, 0) is 23.9 Å². The number of hydrogen-bond donors (Lipinski definition) is 1. The van der Waals surface area contributed by atoms with Crippen LogP contribution in [0.25, 0.3) is 0 Å². The Kier molecular flexibility index (Phi) is 4.39. The van der Waals surface area contributed by atoms with E-state index >= 15 is 0 Å². The summed E-state index contributed by atoms with van der Waals surface area (Å²) in [5.74, 6) is -0.822. The van der Waals surface area contributed by atoms with E-state index in [0.717, 1.165) is 12.1 Å². The Morgan fingerprint density at radius 2 is 2.14 bits per heavy atom. The second-order valence-corrected chi connectivity index (χ2v) is 4.61. The summed E-state index contributed by atoms with van der Waals surface area (Å²) in [6, 6.07) is 4.86. The molecule has 8 heteroatoms. The van der Waals surface area contributed by atoms with Gasteiger partial charge < -0.3 is 9.84 Å². The standard InChI is InChI=1S/C14H13F3N2O3/c1-22-13-10(6-12(20)21)7-18-19(13)8-9-3-2-4-11(5-9)14(15,16)17/h2-5,7H,6,8H2,1H3,(H,20,21). The lowest BCUT2D eigenvalue weighted by molar-refractivity contribution is -0.138. The van der Waals surface area contributed by atoms with Crippen molar-refractivity contribution < 1.29 is 27.8 Å². The molecule has 0 aliphatic heterocycles. The van der Waals surface area contributed by atoms with Crippen molar-refractivity contribution in [1.82, 2.24) is 9.78 Å². The molecule has 0 aliphatic carbocycles. The summed E-state index contributed by atoms with van der Waals surface area (Å²) < 4.78 is 44.5. The highest BCUT2D eigenvalue weighted by molar-refractivity contribution is 5.70. The highest BCUT2D eigenvalue weighted by atomic mass is 19.4. The normalized spacial score (nSPS) is 11.5. The van der Waals surface area contributed by atoms with Crippen LogP contribution in [0, 0.1) is 0 Å². The minimum Gasteiger partial charge on any atom is -0.481 e. The van der Waals surface area contributed by atoms with Crippen molar-refractivity contribution in [2.75, 3.05) is 7.11 Å². The fourth-order valence-electron chi connectivity index (χ4n) is 2.07. The lowest BCUT2D eigenvalue weighted by Gasteiger charge is -2.10. The van der Waals surface area contributed by atoms with Crippen LogP contribution in [0.3, 0.4) is 0 Å². The molecule has 0 aliphatic rings. The molecule has 1 N–H and O–H groups in total. The van der Waals surface area contributed by atoms with Crippen molar-refractivity contribution in [3.63, 3.8) is 0 Å². The third kappa shape index (κ3) is 3.57. The zero-order valence-corrected chi connectivity index (χ0v) is 11.6. The SMILES string of the molecule is COc1c(CC(=O)O)cnn1Cc1cccc(C(F)(F)F)c1. The molecule has 1 aromatic heterocycles. The van der Waals surface area contributed by atoms with Gasteiger partial charge in [0.2, 0.25) is 5.88 Å². The molecule has 118 valence electrons. The number of methoxy groups -OCH3 is 1.